The Morgan fingerprint density at radius 1 is 1.35 bits per heavy atom. The number of halogens is 7. The van der Waals surface area contributed by atoms with Crippen LogP contribution in [0.4, 0.5) is 22.0 Å². The molecule has 0 radical (unpaired) electrons. The summed E-state index contributed by atoms with van der Waals surface area (Å²) in [7, 11) is 0.392. The van der Waals surface area contributed by atoms with Gasteiger partial charge in [0.1, 0.15) is 0 Å². The third kappa shape index (κ3) is 4.06. The fraction of sp³-hybridized carbons (Fsp3) is 0.375. The van der Waals surface area contributed by atoms with Gasteiger partial charge in [0.05, 0.1) is 17.6 Å². The first kappa shape index (κ1) is 17.2. The molecule has 0 unspecified atom stereocenters. The zero-order chi connectivity index (χ0) is 15.7. The van der Waals surface area contributed by atoms with Crippen LogP contribution >= 0.6 is 22.3 Å². The molecule has 1 heterocycles. The van der Waals surface area contributed by atoms with Crippen LogP contribution in [-0.2, 0) is 14.9 Å². The Morgan fingerprint density at radius 2 is 1.90 bits per heavy atom. The topological polar surface area (TPSA) is 56.3 Å². The molecule has 12 heteroatoms. The number of rotatable bonds is 4. The van der Waals surface area contributed by atoms with E-state index in [4.69, 9.17) is 22.3 Å². The van der Waals surface area contributed by atoms with Crippen LogP contribution in [0.2, 0.25) is 0 Å². The minimum absolute atomic E-state index is 0.195. The van der Waals surface area contributed by atoms with Crippen molar-refractivity contribution in [3.8, 4) is 5.75 Å². The molecule has 0 bridgehead atoms. The van der Waals surface area contributed by atoms with Gasteiger partial charge in [0.25, 0.3) is 15.5 Å². The highest BCUT2D eigenvalue weighted by Crippen LogP contribution is 2.38. The number of pyridine rings is 1. The van der Waals surface area contributed by atoms with Crippen molar-refractivity contribution in [1.29, 1.82) is 0 Å². The molecule has 1 aromatic heterocycles. The van der Waals surface area contributed by atoms with Crippen LogP contribution in [0, 0.1) is 0 Å². The maximum Gasteiger partial charge on any atom is 0.573 e. The predicted molar refractivity (Wildman–Crippen MR) is 58.5 cm³/mol. The van der Waals surface area contributed by atoms with E-state index in [9.17, 15) is 30.4 Å². The molecule has 0 fully saturated rings. The highest BCUT2D eigenvalue weighted by atomic mass is 35.7. The fourth-order valence-corrected chi connectivity index (χ4v) is 2.72. The van der Waals surface area contributed by atoms with Gasteiger partial charge < -0.3 is 4.74 Å². The standard InChI is InChI=1S/C8H4Cl2F5NO3S/c9-1-3-5(6(11)12)4(19-8(13,14)15)2-16-7(3)20(10,17)18/h2,6H,1H2. The highest BCUT2D eigenvalue weighted by molar-refractivity contribution is 8.13. The van der Waals surface area contributed by atoms with Crippen LogP contribution in [0.25, 0.3) is 0 Å². The minimum Gasteiger partial charge on any atom is -0.404 e. The lowest BCUT2D eigenvalue weighted by Crippen LogP contribution is -2.19. The summed E-state index contributed by atoms with van der Waals surface area (Å²) >= 11 is 5.30. The maximum atomic E-state index is 12.8. The summed E-state index contributed by atoms with van der Waals surface area (Å²) in [6.45, 7) is 0. The molecule has 0 aliphatic carbocycles. The molecule has 0 saturated heterocycles. The third-order valence-electron chi connectivity index (χ3n) is 1.96. The van der Waals surface area contributed by atoms with E-state index in [2.05, 4.69) is 9.72 Å². The maximum absolute atomic E-state index is 12.8. The molecule has 0 atom stereocenters. The van der Waals surface area contributed by atoms with Crippen molar-refractivity contribution in [3.05, 3.63) is 17.3 Å². The number of hydrogen-bond acceptors (Lipinski definition) is 4. The van der Waals surface area contributed by atoms with Crippen molar-refractivity contribution in [1.82, 2.24) is 4.98 Å². The van der Waals surface area contributed by atoms with E-state index in [0.29, 0.717) is 0 Å². The quantitative estimate of drug-likeness (QED) is 0.468. The summed E-state index contributed by atoms with van der Waals surface area (Å²) in [5.74, 6) is -2.18. The van der Waals surface area contributed by atoms with Crippen molar-refractivity contribution >= 4 is 31.3 Å². The molecule has 0 N–H and O–H groups in total. The summed E-state index contributed by atoms with van der Waals surface area (Å²) < 4.78 is 87.5. The SMILES string of the molecule is O=S(=O)(Cl)c1ncc(OC(F)(F)F)c(C(F)F)c1CCl. The van der Waals surface area contributed by atoms with Crippen LogP contribution in [0.5, 0.6) is 5.75 Å². The largest absolute Gasteiger partial charge is 0.573 e. The number of ether oxygens (including phenoxy) is 1. The van der Waals surface area contributed by atoms with Crippen LogP contribution in [0.3, 0.4) is 0 Å². The predicted octanol–water partition coefficient (Wildman–Crippen LogP) is 3.58. The second kappa shape index (κ2) is 5.86. The van der Waals surface area contributed by atoms with Crippen LogP contribution in [0.1, 0.15) is 17.6 Å². The van der Waals surface area contributed by atoms with Crippen molar-refractivity contribution in [3.63, 3.8) is 0 Å². The zero-order valence-corrected chi connectivity index (χ0v) is 11.4. The summed E-state index contributed by atoms with van der Waals surface area (Å²) in [5.41, 5.74) is -2.18. The van der Waals surface area contributed by atoms with E-state index in [-0.39, 0.29) is 6.20 Å². The number of aromatic nitrogens is 1. The van der Waals surface area contributed by atoms with Crippen LogP contribution in [-0.4, -0.2) is 19.8 Å². The number of hydrogen-bond donors (Lipinski definition) is 0. The first-order chi connectivity index (χ1) is 8.97. The summed E-state index contributed by atoms with van der Waals surface area (Å²) in [4.78, 5) is 3.09. The molecule has 0 amide bonds. The lowest BCUT2D eigenvalue weighted by Gasteiger charge is -2.16. The van der Waals surface area contributed by atoms with Gasteiger partial charge in [-0.05, 0) is 0 Å². The molecule has 4 nitrogen and oxygen atoms in total. The summed E-state index contributed by atoms with van der Waals surface area (Å²) in [5, 5.41) is -1.04. The van der Waals surface area contributed by atoms with Crippen molar-refractivity contribution in [2.75, 3.05) is 0 Å². The highest BCUT2D eigenvalue weighted by Gasteiger charge is 2.36. The zero-order valence-electron chi connectivity index (χ0n) is 9.09. The molecule has 20 heavy (non-hydrogen) atoms. The smallest absolute Gasteiger partial charge is 0.404 e. The van der Waals surface area contributed by atoms with E-state index >= 15 is 0 Å². The normalized spacial score (nSPS) is 12.8. The van der Waals surface area contributed by atoms with E-state index in [1.165, 1.54) is 0 Å². The van der Waals surface area contributed by atoms with E-state index in [1.807, 2.05) is 0 Å². The molecule has 1 rings (SSSR count). The van der Waals surface area contributed by atoms with Gasteiger partial charge in [-0.15, -0.1) is 24.8 Å². The molecule has 0 spiro atoms. The van der Waals surface area contributed by atoms with Crippen molar-refractivity contribution < 1.29 is 35.1 Å². The lowest BCUT2D eigenvalue weighted by atomic mass is 10.1. The third-order valence-corrected chi connectivity index (χ3v) is 3.48. The molecule has 1 aromatic rings. The Bertz CT molecular complexity index is 605. The van der Waals surface area contributed by atoms with Gasteiger partial charge in [-0.2, -0.15) is 0 Å². The van der Waals surface area contributed by atoms with Crippen LogP contribution < -0.4 is 4.74 Å². The lowest BCUT2D eigenvalue weighted by molar-refractivity contribution is -0.275. The molecule has 0 aliphatic heterocycles. The Morgan fingerprint density at radius 3 is 2.25 bits per heavy atom. The van der Waals surface area contributed by atoms with Crippen molar-refractivity contribution in [2.24, 2.45) is 0 Å². The average Bonchev–Trinajstić information content (AvgIpc) is 2.23. The fourth-order valence-electron chi connectivity index (χ4n) is 1.31. The number of nitrogens with zero attached hydrogens (tertiary/aromatic N) is 1. The first-order valence-corrected chi connectivity index (χ1v) is 7.38. The molecular formula is C8H4Cl2F5NO3S. The molecule has 0 saturated carbocycles. The number of alkyl halides is 6. The average molecular weight is 360 g/mol. The Hall–Kier alpha value is -0.870. The van der Waals surface area contributed by atoms with Gasteiger partial charge in [-0.1, -0.05) is 0 Å². The van der Waals surface area contributed by atoms with Crippen molar-refractivity contribution in [2.45, 2.75) is 23.7 Å². The van der Waals surface area contributed by atoms with Gasteiger partial charge in [0, 0.05) is 16.2 Å². The summed E-state index contributed by atoms with van der Waals surface area (Å²) in [6.07, 6.45) is -8.53. The van der Waals surface area contributed by atoms with Gasteiger partial charge in [-0.25, -0.2) is 22.2 Å². The van der Waals surface area contributed by atoms with E-state index in [0.717, 1.165) is 0 Å². The Balaban J connectivity index is 3.59. The second-order valence-electron chi connectivity index (χ2n) is 3.24. The molecule has 0 aromatic carbocycles. The first-order valence-electron chi connectivity index (χ1n) is 4.53. The molecule has 0 aliphatic rings. The van der Waals surface area contributed by atoms with Gasteiger partial charge in [-0.3, -0.25) is 0 Å². The summed E-state index contributed by atoms with van der Waals surface area (Å²) in [6, 6.07) is 0. The van der Waals surface area contributed by atoms with Gasteiger partial charge >= 0.3 is 6.36 Å². The van der Waals surface area contributed by atoms with E-state index in [1.54, 1.807) is 0 Å². The van der Waals surface area contributed by atoms with Gasteiger partial charge in [0.15, 0.2) is 10.8 Å². The Labute approximate surface area is 118 Å². The van der Waals surface area contributed by atoms with E-state index < -0.39 is 49.6 Å². The van der Waals surface area contributed by atoms with Crippen LogP contribution in [0.15, 0.2) is 11.2 Å². The monoisotopic (exact) mass is 359 g/mol. The molecular weight excluding hydrogens is 356 g/mol. The van der Waals surface area contributed by atoms with Gasteiger partial charge in [0.2, 0.25) is 0 Å². The minimum atomic E-state index is -5.25. The second-order valence-corrected chi connectivity index (χ2v) is 5.99. The molecule has 114 valence electrons. The Kier molecular flexibility index (Phi) is 5.03.